The van der Waals surface area contributed by atoms with E-state index in [9.17, 15) is 5.26 Å². The molecule has 0 aromatic rings. The van der Waals surface area contributed by atoms with E-state index in [0.717, 1.165) is 12.8 Å². The maximum Gasteiger partial charge on any atom is 0.192 e. The largest absolute Gasteiger partial charge is 0.410 e. The highest BCUT2D eigenvalue weighted by Crippen LogP contribution is 2.49. The lowest BCUT2D eigenvalue weighted by atomic mass is 9.63. The van der Waals surface area contributed by atoms with Crippen LogP contribution in [0.15, 0.2) is 36.0 Å². The molecule has 25 heavy (non-hydrogen) atoms. The van der Waals surface area contributed by atoms with Crippen molar-refractivity contribution >= 4 is 8.32 Å². The normalized spacial score (nSPS) is 22.8. The van der Waals surface area contributed by atoms with Gasteiger partial charge in [-0.3, -0.25) is 0 Å². The van der Waals surface area contributed by atoms with Crippen LogP contribution in [0, 0.1) is 22.7 Å². The summed E-state index contributed by atoms with van der Waals surface area (Å²) in [5, 5.41) is 9.47. The lowest BCUT2D eigenvalue weighted by Crippen LogP contribution is -2.48. The van der Waals surface area contributed by atoms with E-state index in [1.807, 2.05) is 12.2 Å². The van der Waals surface area contributed by atoms with Crippen LogP contribution < -0.4 is 0 Å². The Morgan fingerprint density at radius 3 is 2.48 bits per heavy atom. The molecule has 0 aromatic heterocycles. The average Bonchev–Trinajstić information content (AvgIpc) is 2.46. The van der Waals surface area contributed by atoms with E-state index in [1.165, 1.54) is 11.1 Å². The van der Waals surface area contributed by atoms with Crippen LogP contribution in [0.3, 0.4) is 0 Å². The molecular formula is C22H37NOSi. The zero-order valence-corrected chi connectivity index (χ0v) is 18.6. The summed E-state index contributed by atoms with van der Waals surface area (Å²) in [6.07, 6.45) is 8.78. The molecule has 1 aliphatic rings. The van der Waals surface area contributed by atoms with E-state index < -0.39 is 8.32 Å². The van der Waals surface area contributed by atoms with Crippen molar-refractivity contribution in [3.8, 4) is 6.07 Å². The van der Waals surface area contributed by atoms with E-state index in [2.05, 4.69) is 73.4 Å². The Labute approximate surface area is 156 Å². The van der Waals surface area contributed by atoms with Crippen LogP contribution in [0.5, 0.6) is 0 Å². The third kappa shape index (κ3) is 4.96. The van der Waals surface area contributed by atoms with E-state index in [1.54, 1.807) is 0 Å². The quantitative estimate of drug-likeness (QED) is 0.297. The summed E-state index contributed by atoms with van der Waals surface area (Å²) in [4.78, 5) is 0. The molecule has 0 bridgehead atoms. The summed E-state index contributed by atoms with van der Waals surface area (Å²) in [6, 6.07) is 2.37. The highest BCUT2D eigenvalue weighted by Gasteiger charge is 2.45. The summed E-state index contributed by atoms with van der Waals surface area (Å²) < 4.78 is 6.84. The Hall–Kier alpha value is -1.11. The maximum absolute atomic E-state index is 9.29. The van der Waals surface area contributed by atoms with Crippen LogP contribution in [0.2, 0.25) is 18.1 Å². The number of nitriles is 1. The zero-order valence-electron chi connectivity index (χ0n) is 17.6. The van der Waals surface area contributed by atoms with Gasteiger partial charge in [0.05, 0.1) is 18.6 Å². The van der Waals surface area contributed by atoms with Crippen LogP contribution in [0.25, 0.3) is 0 Å². The molecule has 0 fully saturated rings. The standard InChI is InChI=1S/C22H37NOSi/c1-10-11-12-20(24-25(8,9)21(3,4)5)19-14-13-17(2)18(15-16-23)22(19,6)7/h10-12,19-20H,1,13-15H2,2-9H3/b12-11+/t19-,20+/m0/s1. The summed E-state index contributed by atoms with van der Waals surface area (Å²) in [7, 11) is -1.89. The predicted octanol–water partition coefficient (Wildman–Crippen LogP) is 6.79. The molecule has 0 aliphatic heterocycles. The van der Waals surface area contributed by atoms with Crippen molar-refractivity contribution in [3.63, 3.8) is 0 Å². The summed E-state index contributed by atoms with van der Waals surface area (Å²) in [6.45, 7) is 22.1. The van der Waals surface area contributed by atoms with Gasteiger partial charge in [0.25, 0.3) is 0 Å². The van der Waals surface area contributed by atoms with Crippen molar-refractivity contribution in [2.24, 2.45) is 11.3 Å². The first-order valence-electron chi connectivity index (χ1n) is 9.41. The van der Waals surface area contributed by atoms with Crippen LogP contribution in [-0.2, 0) is 4.43 Å². The smallest absolute Gasteiger partial charge is 0.192 e. The van der Waals surface area contributed by atoms with Gasteiger partial charge in [-0.25, -0.2) is 0 Å². The minimum atomic E-state index is -1.89. The Morgan fingerprint density at radius 2 is 2.00 bits per heavy atom. The van der Waals surface area contributed by atoms with Crippen molar-refractivity contribution < 1.29 is 4.43 Å². The molecule has 2 atom stereocenters. The molecule has 0 unspecified atom stereocenters. The molecule has 0 spiro atoms. The van der Waals surface area contributed by atoms with Gasteiger partial charge in [-0.15, -0.1) is 0 Å². The highest BCUT2D eigenvalue weighted by molar-refractivity contribution is 6.74. The number of allylic oxidation sites excluding steroid dienone is 4. The monoisotopic (exact) mass is 359 g/mol. The fraction of sp³-hybridized carbons (Fsp3) is 0.682. The van der Waals surface area contributed by atoms with Gasteiger partial charge in [0.1, 0.15) is 0 Å². The second kappa shape index (κ2) is 8.06. The van der Waals surface area contributed by atoms with Gasteiger partial charge in [-0.2, -0.15) is 5.26 Å². The van der Waals surface area contributed by atoms with Crippen LogP contribution in [-0.4, -0.2) is 14.4 Å². The number of rotatable bonds is 6. The molecular weight excluding hydrogens is 322 g/mol. The number of nitrogens with zero attached hydrogens (tertiary/aromatic N) is 1. The van der Waals surface area contributed by atoms with Crippen molar-refractivity contribution in [3.05, 3.63) is 36.0 Å². The summed E-state index contributed by atoms with van der Waals surface area (Å²) in [5.41, 5.74) is 2.67. The Kier molecular flexibility index (Phi) is 7.07. The topological polar surface area (TPSA) is 33.0 Å². The Bertz CT molecular complexity index is 584. The molecule has 1 aliphatic carbocycles. The van der Waals surface area contributed by atoms with Gasteiger partial charge in [-0.05, 0) is 49.2 Å². The van der Waals surface area contributed by atoms with Gasteiger partial charge >= 0.3 is 0 Å². The molecule has 0 aromatic carbocycles. The van der Waals surface area contributed by atoms with E-state index in [4.69, 9.17) is 4.43 Å². The molecule has 0 heterocycles. The predicted molar refractivity (Wildman–Crippen MR) is 111 cm³/mol. The SMILES string of the molecule is C=C/C=C/[C@@H](O[Si](C)(C)C(C)(C)C)[C@@H]1CCC(C)=C(CC#N)C1(C)C. The number of hydrogen-bond donors (Lipinski definition) is 0. The van der Waals surface area contributed by atoms with Crippen molar-refractivity contribution in [1.82, 2.24) is 0 Å². The van der Waals surface area contributed by atoms with Gasteiger partial charge in [0.15, 0.2) is 8.32 Å². The Balaban J connectivity index is 3.27. The molecule has 140 valence electrons. The Morgan fingerprint density at radius 1 is 1.40 bits per heavy atom. The number of hydrogen-bond acceptors (Lipinski definition) is 2. The third-order valence-corrected chi connectivity index (χ3v) is 10.9. The van der Waals surface area contributed by atoms with Crippen LogP contribution >= 0.6 is 0 Å². The molecule has 1 rings (SSSR count). The fourth-order valence-corrected chi connectivity index (χ4v) is 4.93. The highest BCUT2D eigenvalue weighted by atomic mass is 28.4. The summed E-state index contributed by atoms with van der Waals surface area (Å²) in [5.74, 6) is 0.380. The van der Waals surface area contributed by atoms with E-state index in [-0.39, 0.29) is 16.6 Å². The first-order valence-corrected chi connectivity index (χ1v) is 12.3. The van der Waals surface area contributed by atoms with E-state index >= 15 is 0 Å². The molecule has 3 heteroatoms. The lowest BCUT2D eigenvalue weighted by Gasteiger charge is -2.48. The molecule has 0 saturated carbocycles. The third-order valence-electron chi connectivity index (χ3n) is 6.38. The lowest BCUT2D eigenvalue weighted by molar-refractivity contribution is 0.0781. The minimum absolute atomic E-state index is 0.0311. The molecule has 2 nitrogen and oxygen atoms in total. The first-order chi connectivity index (χ1) is 11.4. The van der Waals surface area contributed by atoms with E-state index in [0.29, 0.717) is 12.3 Å². The van der Waals surface area contributed by atoms with Crippen molar-refractivity contribution in [2.45, 2.75) is 85.0 Å². The van der Waals surface area contributed by atoms with Gasteiger partial charge in [-0.1, -0.05) is 70.6 Å². The second-order valence-electron chi connectivity index (χ2n) is 9.42. The van der Waals surface area contributed by atoms with Crippen LogP contribution in [0.1, 0.15) is 60.8 Å². The summed E-state index contributed by atoms with van der Waals surface area (Å²) >= 11 is 0. The average molecular weight is 360 g/mol. The van der Waals surface area contributed by atoms with Gasteiger partial charge < -0.3 is 4.43 Å². The minimum Gasteiger partial charge on any atom is -0.410 e. The first kappa shape index (κ1) is 21.9. The molecule has 0 radical (unpaired) electrons. The van der Waals surface area contributed by atoms with Crippen molar-refractivity contribution in [2.75, 3.05) is 0 Å². The molecule has 0 amide bonds. The fourth-order valence-electron chi connectivity index (χ4n) is 3.65. The maximum atomic E-state index is 9.29. The van der Waals surface area contributed by atoms with Gasteiger partial charge in [0, 0.05) is 0 Å². The van der Waals surface area contributed by atoms with Crippen molar-refractivity contribution in [1.29, 1.82) is 5.26 Å². The zero-order chi connectivity index (χ0) is 19.5. The molecule has 0 saturated heterocycles. The van der Waals surface area contributed by atoms with Crippen LogP contribution in [0.4, 0.5) is 0 Å². The van der Waals surface area contributed by atoms with Gasteiger partial charge in [0.2, 0.25) is 0 Å². The second-order valence-corrected chi connectivity index (χ2v) is 14.2. The molecule has 0 N–H and O–H groups in total.